The minimum Gasteiger partial charge on any atom is -0.336 e. The van der Waals surface area contributed by atoms with Crippen molar-refractivity contribution in [3.8, 4) is 0 Å². The predicted octanol–water partition coefficient (Wildman–Crippen LogP) is 1.95. The molecule has 138 valence electrons. The number of quaternary nitrogens is 1. The number of benzene rings is 2. The highest BCUT2D eigenvalue weighted by molar-refractivity contribution is 9.10. The zero-order valence-corrected chi connectivity index (χ0v) is 16.9. The zero-order chi connectivity index (χ0) is 19.1. The molecule has 0 spiro atoms. The van der Waals surface area contributed by atoms with E-state index in [4.69, 9.17) is 0 Å². The number of carbonyl (C=O) groups excluding carboxylic acids is 2. The third-order valence-corrected chi connectivity index (χ3v) is 5.03. The first-order valence-corrected chi connectivity index (χ1v) is 9.33. The maximum Gasteiger partial charge on any atom is 0.280 e. The van der Waals surface area contributed by atoms with Crippen LogP contribution >= 0.6 is 15.9 Å². The standard InChI is InChI=1S/C20H24BrN3O2/c1-15(20(26)24(3)13-16-9-5-4-6-10-16)23(2)14-19(25)22-18-12-8-7-11-17(18)21/h4-12,15H,13-14H2,1-3H3,(H,22,25)/p+1/t15-/m1/s1. The quantitative estimate of drug-likeness (QED) is 0.721. The fraction of sp³-hybridized carbons (Fsp3) is 0.300. The molecule has 0 bridgehead atoms. The van der Waals surface area contributed by atoms with Crippen molar-refractivity contribution in [1.29, 1.82) is 0 Å². The van der Waals surface area contributed by atoms with Crippen LogP contribution in [0, 0.1) is 0 Å². The molecule has 5 nitrogen and oxygen atoms in total. The number of amides is 2. The van der Waals surface area contributed by atoms with E-state index in [1.54, 1.807) is 11.9 Å². The predicted molar refractivity (Wildman–Crippen MR) is 107 cm³/mol. The Morgan fingerprint density at radius 2 is 1.73 bits per heavy atom. The topological polar surface area (TPSA) is 53.9 Å². The summed E-state index contributed by atoms with van der Waals surface area (Å²) in [6.07, 6.45) is 0. The molecule has 0 aliphatic carbocycles. The van der Waals surface area contributed by atoms with Crippen molar-refractivity contribution < 1.29 is 14.5 Å². The molecular weight excluding hydrogens is 394 g/mol. The first kappa shape index (κ1) is 20.1. The number of rotatable bonds is 7. The van der Waals surface area contributed by atoms with Gasteiger partial charge in [-0.1, -0.05) is 42.5 Å². The number of halogens is 1. The van der Waals surface area contributed by atoms with Gasteiger partial charge in [-0.2, -0.15) is 0 Å². The van der Waals surface area contributed by atoms with E-state index in [0.29, 0.717) is 6.54 Å². The summed E-state index contributed by atoms with van der Waals surface area (Å²) in [5.74, 6) is -0.111. The lowest BCUT2D eigenvalue weighted by molar-refractivity contribution is -0.886. The molecule has 2 aromatic carbocycles. The molecule has 2 atom stereocenters. The van der Waals surface area contributed by atoms with Crippen LogP contribution in [0.4, 0.5) is 5.69 Å². The molecule has 2 aromatic rings. The number of nitrogens with zero attached hydrogens (tertiary/aromatic N) is 1. The number of hydrogen-bond acceptors (Lipinski definition) is 2. The Balaban J connectivity index is 1.89. The van der Waals surface area contributed by atoms with Gasteiger partial charge >= 0.3 is 0 Å². The van der Waals surface area contributed by atoms with Crippen LogP contribution in [-0.4, -0.2) is 43.4 Å². The van der Waals surface area contributed by atoms with E-state index < -0.39 is 0 Å². The highest BCUT2D eigenvalue weighted by Crippen LogP contribution is 2.20. The first-order valence-electron chi connectivity index (χ1n) is 8.54. The average Bonchev–Trinajstić information content (AvgIpc) is 2.63. The molecule has 0 aliphatic heterocycles. The second kappa shape index (κ2) is 9.50. The summed E-state index contributed by atoms with van der Waals surface area (Å²) in [5.41, 5.74) is 1.81. The summed E-state index contributed by atoms with van der Waals surface area (Å²) in [6.45, 7) is 2.62. The van der Waals surface area contributed by atoms with Gasteiger partial charge in [0.1, 0.15) is 0 Å². The van der Waals surface area contributed by atoms with E-state index >= 15 is 0 Å². The average molecular weight is 419 g/mol. The maximum atomic E-state index is 12.6. The second-order valence-electron chi connectivity index (χ2n) is 6.45. The van der Waals surface area contributed by atoms with Crippen LogP contribution in [0.5, 0.6) is 0 Å². The summed E-state index contributed by atoms with van der Waals surface area (Å²) in [6, 6.07) is 17.0. The minimum absolute atomic E-state index is 0.0139. The van der Waals surface area contributed by atoms with Crippen LogP contribution < -0.4 is 10.2 Å². The number of hydrogen-bond donors (Lipinski definition) is 2. The Hall–Kier alpha value is -2.18. The Labute approximate surface area is 163 Å². The van der Waals surface area contributed by atoms with Crippen molar-refractivity contribution >= 4 is 33.4 Å². The minimum atomic E-state index is -0.311. The Morgan fingerprint density at radius 3 is 2.38 bits per heavy atom. The number of anilines is 1. The molecular formula is C20H25BrN3O2+. The summed E-state index contributed by atoms with van der Waals surface area (Å²) >= 11 is 3.41. The number of likely N-dealkylation sites (N-methyl/N-ethyl adjacent to an activating group) is 2. The molecule has 2 amide bonds. The molecule has 0 heterocycles. The number of para-hydroxylation sites is 1. The van der Waals surface area contributed by atoms with E-state index in [0.717, 1.165) is 20.6 Å². The molecule has 0 fully saturated rings. The highest BCUT2D eigenvalue weighted by Gasteiger charge is 2.26. The molecule has 2 N–H and O–H groups in total. The van der Waals surface area contributed by atoms with Crippen molar-refractivity contribution in [1.82, 2.24) is 4.90 Å². The van der Waals surface area contributed by atoms with Gasteiger partial charge in [-0.25, -0.2) is 0 Å². The molecule has 26 heavy (non-hydrogen) atoms. The van der Waals surface area contributed by atoms with Crippen molar-refractivity contribution in [2.75, 3.05) is 26.0 Å². The van der Waals surface area contributed by atoms with Crippen LogP contribution in [0.25, 0.3) is 0 Å². The third-order valence-electron chi connectivity index (χ3n) is 4.34. The van der Waals surface area contributed by atoms with Gasteiger partial charge in [0.25, 0.3) is 11.8 Å². The SMILES string of the molecule is C[C@H](C(=O)N(C)Cc1ccccc1)[NH+](C)CC(=O)Nc1ccccc1Br. The Kier molecular flexibility index (Phi) is 7.36. The third kappa shape index (κ3) is 5.68. The number of nitrogens with one attached hydrogen (secondary N) is 2. The van der Waals surface area contributed by atoms with Crippen molar-refractivity contribution in [2.45, 2.75) is 19.5 Å². The molecule has 6 heteroatoms. The molecule has 0 aromatic heterocycles. The molecule has 1 unspecified atom stereocenters. The van der Waals surface area contributed by atoms with Gasteiger partial charge in [0.2, 0.25) is 0 Å². The zero-order valence-electron chi connectivity index (χ0n) is 15.3. The lowest BCUT2D eigenvalue weighted by atomic mass is 10.2. The largest absolute Gasteiger partial charge is 0.336 e. The lowest BCUT2D eigenvalue weighted by Gasteiger charge is -2.25. The van der Waals surface area contributed by atoms with Crippen molar-refractivity contribution in [3.63, 3.8) is 0 Å². The van der Waals surface area contributed by atoms with E-state index in [2.05, 4.69) is 21.2 Å². The molecule has 2 rings (SSSR count). The summed E-state index contributed by atoms with van der Waals surface area (Å²) < 4.78 is 0.831. The molecule has 0 radical (unpaired) electrons. The normalized spacial score (nSPS) is 12.9. The number of carbonyl (C=O) groups is 2. The van der Waals surface area contributed by atoms with Crippen LogP contribution in [-0.2, 0) is 16.1 Å². The first-order chi connectivity index (χ1) is 12.4. The molecule has 0 saturated carbocycles. The van der Waals surface area contributed by atoms with Crippen molar-refractivity contribution in [3.05, 3.63) is 64.6 Å². The van der Waals surface area contributed by atoms with Gasteiger partial charge in [-0.15, -0.1) is 0 Å². The smallest absolute Gasteiger partial charge is 0.280 e. The van der Waals surface area contributed by atoms with Gasteiger partial charge in [-0.3, -0.25) is 9.59 Å². The van der Waals surface area contributed by atoms with Gasteiger partial charge in [-0.05, 0) is 40.5 Å². The van der Waals surface area contributed by atoms with Crippen LogP contribution in [0.1, 0.15) is 12.5 Å². The molecule has 0 saturated heterocycles. The molecule has 0 aliphatic rings. The van der Waals surface area contributed by atoms with Gasteiger partial charge in [0, 0.05) is 18.1 Å². The van der Waals surface area contributed by atoms with Crippen LogP contribution in [0.2, 0.25) is 0 Å². The van der Waals surface area contributed by atoms with Crippen molar-refractivity contribution in [2.24, 2.45) is 0 Å². The van der Waals surface area contributed by atoms with Gasteiger partial charge in [0.05, 0.1) is 12.7 Å². The fourth-order valence-electron chi connectivity index (χ4n) is 2.64. The monoisotopic (exact) mass is 418 g/mol. The lowest BCUT2D eigenvalue weighted by Crippen LogP contribution is -3.15. The van der Waals surface area contributed by atoms with E-state index in [9.17, 15) is 9.59 Å². The summed E-state index contributed by atoms with van der Waals surface area (Å²) in [7, 11) is 3.65. The Morgan fingerprint density at radius 1 is 1.12 bits per heavy atom. The Bertz CT molecular complexity index is 752. The maximum absolute atomic E-state index is 12.6. The van der Waals surface area contributed by atoms with Gasteiger partial charge in [0.15, 0.2) is 12.6 Å². The summed E-state index contributed by atoms with van der Waals surface area (Å²) in [4.78, 5) is 27.5. The van der Waals surface area contributed by atoms with E-state index in [1.807, 2.05) is 68.6 Å². The van der Waals surface area contributed by atoms with Crippen LogP contribution in [0.15, 0.2) is 59.1 Å². The van der Waals surface area contributed by atoms with E-state index in [-0.39, 0.29) is 24.4 Å². The fourth-order valence-corrected chi connectivity index (χ4v) is 3.02. The highest BCUT2D eigenvalue weighted by atomic mass is 79.9. The summed E-state index contributed by atoms with van der Waals surface area (Å²) in [5, 5.41) is 2.87. The van der Waals surface area contributed by atoms with Crippen LogP contribution in [0.3, 0.4) is 0 Å². The van der Waals surface area contributed by atoms with E-state index in [1.165, 1.54) is 0 Å². The second-order valence-corrected chi connectivity index (χ2v) is 7.31. The van der Waals surface area contributed by atoms with Gasteiger partial charge < -0.3 is 15.1 Å².